The molecule has 1 aromatic carbocycles. The lowest BCUT2D eigenvalue weighted by molar-refractivity contribution is -0.384. The summed E-state index contributed by atoms with van der Waals surface area (Å²) < 4.78 is 28.6. The maximum atomic E-state index is 11.6. The van der Waals surface area contributed by atoms with Crippen LogP contribution in [0.4, 0.5) is 11.4 Å². The highest BCUT2D eigenvalue weighted by atomic mass is 32.2. The van der Waals surface area contributed by atoms with Gasteiger partial charge in [-0.15, -0.1) is 0 Å². The molecular formula is C16H25N3O5S. The zero-order valence-electron chi connectivity index (χ0n) is 14.8. The van der Waals surface area contributed by atoms with Crippen LogP contribution in [0.2, 0.25) is 0 Å². The van der Waals surface area contributed by atoms with E-state index < -0.39 is 14.8 Å². The molecule has 8 nitrogen and oxygen atoms in total. The van der Waals surface area contributed by atoms with Crippen molar-refractivity contribution in [1.29, 1.82) is 0 Å². The average molecular weight is 371 g/mol. The first-order valence-corrected chi connectivity index (χ1v) is 10.1. The maximum absolute atomic E-state index is 11.6. The van der Waals surface area contributed by atoms with Crippen molar-refractivity contribution in [3.63, 3.8) is 0 Å². The van der Waals surface area contributed by atoms with E-state index in [1.165, 1.54) is 12.1 Å². The lowest BCUT2D eigenvalue weighted by Gasteiger charge is -2.37. The van der Waals surface area contributed by atoms with Crippen LogP contribution >= 0.6 is 0 Å². The molecule has 1 heterocycles. The number of nitrogens with zero attached hydrogens (tertiary/aromatic N) is 2. The second-order valence-electron chi connectivity index (χ2n) is 6.55. The van der Waals surface area contributed by atoms with Crippen molar-refractivity contribution in [2.45, 2.75) is 24.8 Å². The van der Waals surface area contributed by atoms with Gasteiger partial charge in [-0.2, -0.15) is 0 Å². The number of morpholine rings is 1. The van der Waals surface area contributed by atoms with Crippen molar-refractivity contribution < 1.29 is 18.1 Å². The van der Waals surface area contributed by atoms with E-state index in [0.29, 0.717) is 31.4 Å². The Morgan fingerprint density at radius 2 is 1.96 bits per heavy atom. The van der Waals surface area contributed by atoms with Crippen molar-refractivity contribution >= 4 is 21.2 Å². The molecule has 25 heavy (non-hydrogen) atoms. The van der Waals surface area contributed by atoms with Crippen LogP contribution < -0.4 is 5.32 Å². The molecular weight excluding hydrogens is 346 g/mol. The molecule has 1 aliphatic heterocycles. The van der Waals surface area contributed by atoms with Crippen LogP contribution in [0, 0.1) is 16.0 Å². The number of hydrogen-bond donors (Lipinski definition) is 1. The number of rotatable bonds is 7. The molecule has 1 unspecified atom stereocenters. The number of benzene rings is 1. The predicted octanol–water partition coefficient (Wildman–Crippen LogP) is 1.77. The first-order chi connectivity index (χ1) is 11.7. The highest BCUT2D eigenvalue weighted by Gasteiger charge is 2.25. The van der Waals surface area contributed by atoms with Gasteiger partial charge in [0.05, 0.1) is 23.0 Å². The van der Waals surface area contributed by atoms with Crippen LogP contribution in [-0.2, 0) is 14.6 Å². The van der Waals surface area contributed by atoms with E-state index in [1.807, 2.05) is 0 Å². The third-order valence-corrected chi connectivity index (χ3v) is 5.49. The molecule has 140 valence electrons. The summed E-state index contributed by atoms with van der Waals surface area (Å²) in [4.78, 5) is 13.0. The van der Waals surface area contributed by atoms with Crippen LogP contribution in [0.3, 0.4) is 0 Å². The largest absolute Gasteiger partial charge is 0.379 e. The van der Waals surface area contributed by atoms with E-state index in [2.05, 4.69) is 24.1 Å². The number of ether oxygens (including phenoxy) is 1. The van der Waals surface area contributed by atoms with Gasteiger partial charge in [0.1, 0.15) is 5.69 Å². The number of nitrogens with one attached hydrogen (secondary N) is 1. The molecule has 1 atom stereocenters. The quantitative estimate of drug-likeness (QED) is 0.575. The monoisotopic (exact) mass is 371 g/mol. The van der Waals surface area contributed by atoms with Crippen molar-refractivity contribution in [2.24, 2.45) is 5.92 Å². The van der Waals surface area contributed by atoms with Crippen molar-refractivity contribution in [1.82, 2.24) is 4.90 Å². The standard InChI is InChI=1S/C16H25N3O5S/c1-12(2)16(18-6-8-24-9-7-18)11-17-14-5-4-13(25(3,22)23)10-15(14)19(20)21/h4-5,10,12,16-17H,6-9,11H2,1-3H3. The molecule has 0 spiro atoms. The van der Waals surface area contributed by atoms with Gasteiger partial charge < -0.3 is 10.1 Å². The number of hydrogen-bond acceptors (Lipinski definition) is 7. The van der Waals surface area contributed by atoms with E-state index in [0.717, 1.165) is 25.4 Å². The second-order valence-corrected chi connectivity index (χ2v) is 8.56. The SMILES string of the molecule is CC(C)C(CNc1ccc(S(C)(=O)=O)cc1[N+](=O)[O-])N1CCOCC1. The Morgan fingerprint density at radius 1 is 1.32 bits per heavy atom. The Balaban J connectivity index is 2.19. The molecule has 1 N–H and O–H groups in total. The Bertz CT molecular complexity index is 714. The molecule has 2 rings (SSSR count). The molecule has 1 saturated heterocycles. The Hall–Kier alpha value is -1.71. The van der Waals surface area contributed by atoms with Crippen molar-refractivity contribution in [2.75, 3.05) is 44.4 Å². The van der Waals surface area contributed by atoms with Gasteiger partial charge in [0.15, 0.2) is 9.84 Å². The Morgan fingerprint density at radius 3 is 2.48 bits per heavy atom. The minimum Gasteiger partial charge on any atom is -0.379 e. The van der Waals surface area contributed by atoms with Crippen molar-refractivity contribution in [3.8, 4) is 0 Å². The number of sulfone groups is 1. The molecule has 0 amide bonds. The third-order valence-electron chi connectivity index (χ3n) is 4.38. The van der Waals surface area contributed by atoms with Crippen molar-refractivity contribution in [3.05, 3.63) is 28.3 Å². The second kappa shape index (κ2) is 8.11. The summed E-state index contributed by atoms with van der Waals surface area (Å²) >= 11 is 0. The molecule has 0 saturated carbocycles. The summed E-state index contributed by atoms with van der Waals surface area (Å²) in [6, 6.07) is 4.17. The average Bonchev–Trinajstić information content (AvgIpc) is 2.54. The minimum absolute atomic E-state index is 0.0571. The fourth-order valence-electron chi connectivity index (χ4n) is 2.95. The summed E-state index contributed by atoms with van der Waals surface area (Å²) in [5.74, 6) is 0.361. The summed E-state index contributed by atoms with van der Waals surface area (Å²) in [5.41, 5.74) is 0.101. The van der Waals surface area contributed by atoms with Crippen LogP contribution in [0.1, 0.15) is 13.8 Å². The van der Waals surface area contributed by atoms with Gasteiger partial charge in [0, 0.05) is 38.0 Å². The van der Waals surface area contributed by atoms with Gasteiger partial charge in [-0.3, -0.25) is 15.0 Å². The first-order valence-electron chi connectivity index (χ1n) is 8.24. The Kier molecular flexibility index (Phi) is 6.36. The fraction of sp³-hybridized carbons (Fsp3) is 0.625. The predicted molar refractivity (Wildman–Crippen MR) is 95.7 cm³/mol. The zero-order valence-corrected chi connectivity index (χ0v) is 15.6. The van der Waals surface area contributed by atoms with Gasteiger partial charge in [0.2, 0.25) is 0 Å². The van der Waals surface area contributed by atoms with Gasteiger partial charge in [-0.1, -0.05) is 13.8 Å². The lowest BCUT2D eigenvalue weighted by Crippen LogP contribution is -2.49. The zero-order chi connectivity index (χ0) is 18.6. The van der Waals surface area contributed by atoms with E-state index in [9.17, 15) is 18.5 Å². The van der Waals surface area contributed by atoms with Crippen LogP contribution in [-0.4, -0.2) is 63.4 Å². The van der Waals surface area contributed by atoms with Crippen LogP contribution in [0.15, 0.2) is 23.1 Å². The van der Waals surface area contributed by atoms with E-state index in [1.54, 1.807) is 0 Å². The molecule has 0 radical (unpaired) electrons. The van der Waals surface area contributed by atoms with Crippen LogP contribution in [0.25, 0.3) is 0 Å². The fourth-order valence-corrected chi connectivity index (χ4v) is 3.59. The molecule has 1 aliphatic rings. The molecule has 1 aromatic rings. The van der Waals surface area contributed by atoms with Gasteiger partial charge in [-0.25, -0.2) is 8.42 Å². The molecule has 0 aromatic heterocycles. The summed E-state index contributed by atoms with van der Waals surface area (Å²) in [5, 5.41) is 14.5. The van der Waals surface area contributed by atoms with Gasteiger partial charge in [0.25, 0.3) is 5.69 Å². The molecule has 0 aliphatic carbocycles. The normalized spacial score (nSPS) is 17.4. The number of nitro groups is 1. The van der Waals surface area contributed by atoms with E-state index in [-0.39, 0.29) is 16.6 Å². The summed E-state index contributed by atoms with van der Waals surface area (Å²) in [7, 11) is -3.49. The Labute approximate surface area is 148 Å². The van der Waals surface area contributed by atoms with Gasteiger partial charge in [-0.05, 0) is 18.1 Å². The first kappa shape index (κ1) is 19.6. The highest BCUT2D eigenvalue weighted by Crippen LogP contribution is 2.28. The molecule has 0 bridgehead atoms. The molecule has 1 fully saturated rings. The van der Waals surface area contributed by atoms with Crippen LogP contribution in [0.5, 0.6) is 0 Å². The lowest BCUT2D eigenvalue weighted by atomic mass is 10.0. The number of nitro benzene ring substituents is 1. The van der Waals surface area contributed by atoms with E-state index >= 15 is 0 Å². The summed E-state index contributed by atoms with van der Waals surface area (Å²) in [6.45, 7) is 7.81. The summed E-state index contributed by atoms with van der Waals surface area (Å²) in [6.07, 6.45) is 1.03. The third kappa shape index (κ3) is 5.13. The topological polar surface area (TPSA) is 102 Å². The minimum atomic E-state index is -3.49. The smallest absolute Gasteiger partial charge is 0.293 e. The van der Waals surface area contributed by atoms with E-state index in [4.69, 9.17) is 4.74 Å². The highest BCUT2D eigenvalue weighted by molar-refractivity contribution is 7.90. The van der Waals surface area contributed by atoms with Gasteiger partial charge >= 0.3 is 0 Å². The maximum Gasteiger partial charge on any atom is 0.293 e. The number of anilines is 1. The molecule has 9 heteroatoms.